The van der Waals surface area contributed by atoms with Crippen molar-refractivity contribution in [2.24, 2.45) is 0 Å². The van der Waals surface area contributed by atoms with Crippen molar-refractivity contribution in [3.8, 4) is 0 Å². The number of benzene rings is 1. The smallest absolute Gasteiger partial charge is 0.144 e. The van der Waals surface area contributed by atoms with Gasteiger partial charge in [-0.3, -0.25) is 0 Å². The van der Waals surface area contributed by atoms with Crippen molar-refractivity contribution in [3.63, 3.8) is 0 Å². The standard InChI is InChI=1S/C12H11BrClN3/c1-7-10(14)3-2-4-11(7)17-12-9(13)5-8(15)6-16-12/h2-6H,15H2,1H3,(H,16,17). The van der Waals surface area contributed by atoms with Crippen LogP contribution in [0.4, 0.5) is 17.2 Å². The molecule has 2 rings (SSSR count). The molecule has 0 aliphatic rings. The Balaban J connectivity index is 2.35. The van der Waals surface area contributed by atoms with Crippen LogP contribution in [0.15, 0.2) is 34.9 Å². The summed E-state index contributed by atoms with van der Waals surface area (Å²) in [6, 6.07) is 7.50. The SMILES string of the molecule is Cc1c(Cl)cccc1Nc1ncc(N)cc1Br. The number of anilines is 3. The Hall–Kier alpha value is -1.26. The second-order valence-electron chi connectivity index (χ2n) is 3.64. The Morgan fingerprint density at radius 2 is 2.18 bits per heavy atom. The minimum absolute atomic E-state index is 0.616. The van der Waals surface area contributed by atoms with Gasteiger partial charge in [-0.05, 0) is 46.6 Å². The summed E-state index contributed by atoms with van der Waals surface area (Å²) in [6.07, 6.45) is 1.60. The van der Waals surface area contributed by atoms with E-state index in [2.05, 4.69) is 26.2 Å². The first kappa shape index (κ1) is 12.2. The van der Waals surface area contributed by atoms with E-state index in [-0.39, 0.29) is 0 Å². The highest BCUT2D eigenvalue weighted by molar-refractivity contribution is 9.10. The lowest BCUT2D eigenvalue weighted by Gasteiger charge is -2.11. The summed E-state index contributed by atoms with van der Waals surface area (Å²) < 4.78 is 0.817. The van der Waals surface area contributed by atoms with Crippen LogP contribution in [-0.2, 0) is 0 Å². The van der Waals surface area contributed by atoms with E-state index in [0.29, 0.717) is 11.5 Å². The van der Waals surface area contributed by atoms with E-state index < -0.39 is 0 Å². The highest BCUT2D eigenvalue weighted by Crippen LogP contribution is 2.29. The van der Waals surface area contributed by atoms with Crippen LogP contribution in [0.3, 0.4) is 0 Å². The van der Waals surface area contributed by atoms with E-state index in [1.165, 1.54) is 0 Å². The number of pyridine rings is 1. The summed E-state index contributed by atoms with van der Waals surface area (Å²) in [6.45, 7) is 1.95. The lowest BCUT2D eigenvalue weighted by atomic mass is 10.2. The zero-order valence-electron chi connectivity index (χ0n) is 9.17. The van der Waals surface area contributed by atoms with Gasteiger partial charge in [0.2, 0.25) is 0 Å². The van der Waals surface area contributed by atoms with Crippen molar-refractivity contribution in [2.45, 2.75) is 6.92 Å². The van der Waals surface area contributed by atoms with Crippen molar-refractivity contribution in [3.05, 3.63) is 45.5 Å². The van der Waals surface area contributed by atoms with Gasteiger partial charge in [0.1, 0.15) is 5.82 Å². The zero-order valence-corrected chi connectivity index (χ0v) is 11.5. The molecule has 0 radical (unpaired) electrons. The second-order valence-corrected chi connectivity index (χ2v) is 4.90. The van der Waals surface area contributed by atoms with Gasteiger partial charge in [0.25, 0.3) is 0 Å². The molecule has 1 aromatic heterocycles. The molecule has 1 aromatic carbocycles. The Morgan fingerprint density at radius 3 is 2.88 bits per heavy atom. The summed E-state index contributed by atoms with van der Waals surface area (Å²) in [5.74, 6) is 0.713. The molecule has 0 amide bonds. The molecule has 1 heterocycles. The third-order valence-electron chi connectivity index (χ3n) is 2.38. The van der Waals surface area contributed by atoms with Gasteiger partial charge < -0.3 is 11.1 Å². The van der Waals surface area contributed by atoms with E-state index in [9.17, 15) is 0 Å². The predicted octanol–water partition coefficient (Wildman–Crippen LogP) is 4.13. The molecule has 17 heavy (non-hydrogen) atoms. The summed E-state index contributed by atoms with van der Waals surface area (Å²) in [5, 5.41) is 3.93. The van der Waals surface area contributed by atoms with Crippen molar-refractivity contribution < 1.29 is 0 Å². The first-order chi connectivity index (χ1) is 8.08. The molecule has 0 fully saturated rings. The fraction of sp³-hybridized carbons (Fsp3) is 0.0833. The van der Waals surface area contributed by atoms with Crippen molar-refractivity contribution in [1.29, 1.82) is 0 Å². The van der Waals surface area contributed by atoms with Crippen LogP contribution in [0, 0.1) is 6.92 Å². The fourth-order valence-corrected chi connectivity index (χ4v) is 2.06. The number of nitrogens with two attached hydrogens (primary N) is 1. The first-order valence-corrected chi connectivity index (χ1v) is 6.18. The van der Waals surface area contributed by atoms with Crippen LogP contribution in [0.2, 0.25) is 5.02 Å². The van der Waals surface area contributed by atoms with Gasteiger partial charge in [0.05, 0.1) is 16.4 Å². The highest BCUT2D eigenvalue weighted by atomic mass is 79.9. The van der Waals surface area contributed by atoms with Crippen molar-refractivity contribution in [2.75, 3.05) is 11.1 Å². The van der Waals surface area contributed by atoms with Crippen LogP contribution < -0.4 is 11.1 Å². The van der Waals surface area contributed by atoms with Crippen LogP contribution in [0.1, 0.15) is 5.56 Å². The maximum atomic E-state index is 6.05. The van der Waals surface area contributed by atoms with Crippen molar-refractivity contribution in [1.82, 2.24) is 4.98 Å². The predicted molar refractivity (Wildman–Crippen MR) is 75.8 cm³/mol. The molecule has 3 nitrogen and oxygen atoms in total. The lowest BCUT2D eigenvalue weighted by molar-refractivity contribution is 1.28. The number of nitrogens with one attached hydrogen (secondary N) is 1. The Labute approximate surface area is 113 Å². The molecule has 0 atom stereocenters. The average molecular weight is 313 g/mol. The number of rotatable bonds is 2. The summed E-state index contributed by atoms with van der Waals surface area (Å²) in [4.78, 5) is 4.22. The van der Waals surface area contributed by atoms with E-state index in [0.717, 1.165) is 20.7 Å². The number of nitrogens with zero attached hydrogens (tertiary/aromatic N) is 1. The van der Waals surface area contributed by atoms with Crippen LogP contribution >= 0.6 is 27.5 Å². The minimum atomic E-state index is 0.616. The van der Waals surface area contributed by atoms with E-state index in [1.54, 1.807) is 12.3 Å². The number of halogens is 2. The molecule has 0 aliphatic heterocycles. The van der Waals surface area contributed by atoms with Gasteiger partial charge in [0, 0.05) is 10.7 Å². The molecule has 3 N–H and O–H groups in total. The molecular formula is C12H11BrClN3. The van der Waals surface area contributed by atoms with Gasteiger partial charge in [-0.15, -0.1) is 0 Å². The monoisotopic (exact) mass is 311 g/mol. The third kappa shape index (κ3) is 2.70. The Bertz CT molecular complexity index is 557. The zero-order chi connectivity index (χ0) is 12.4. The molecule has 0 saturated heterocycles. The van der Waals surface area contributed by atoms with Gasteiger partial charge >= 0.3 is 0 Å². The maximum Gasteiger partial charge on any atom is 0.144 e. The largest absolute Gasteiger partial charge is 0.397 e. The first-order valence-electron chi connectivity index (χ1n) is 5.01. The van der Waals surface area contributed by atoms with E-state index in [4.69, 9.17) is 17.3 Å². The lowest BCUT2D eigenvalue weighted by Crippen LogP contribution is -1.98. The van der Waals surface area contributed by atoms with Gasteiger partial charge in [0.15, 0.2) is 0 Å². The summed E-state index contributed by atoms with van der Waals surface area (Å²) >= 11 is 9.46. The summed E-state index contributed by atoms with van der Waals surface area (Å²) in [7, 11) is 0. The van der Waals surface area contributed by atoms with Crippen LogP contribution in [0.25, 0.3) is 0 Å². The molecule has 2 aromatic rings. The maximum absolute atomic E-state index is 6.05. The number of aromatic nitrogens is 1. The summed E-state index contributed by atoms with van der Waals surface area (Å²) in [5.41, 5.74) is 8.16. The minimum Gasteiger partial charge on any atom is -0.397 e. The average Bonchev–Trinajstić information content (AvgIpc) is 2.28. The van der Waals surface area contributed by atoms with E-state index in [1.807, 2.05) is 25.1 Å². The molecule has 0 spiro atoms. The van der Waals surface area contributed by atoms with Crippen molar-refractivity contribution >= 4 is 44.7 Å². The number of nitrogen functional groups attached to an aromatic ring is 1. The third-order valence-corrected chi connectivity index (χ3v) is 3.40. The van der Waals surface area contributed by atoms with Gasteiger partial charge in [-0.25, -0.2) is 4.98 Å². The fourth-order valence-electron chi connectivity index (χ4n) is 1.42. The molecule has 0 saturated carbocycles. The van der Waals surface area contributed by atoms with Crippen LogP contribution in [-0.4, -0.2) is 4.98 Å². The van der Waals surface area contributed by atoms with Gasteiger partial charge in [-0.2, -0.15) is 0 Å². The highest BCUT2D eigenvalue weighted by Gasteiger charge is 2.06. The number of hydrogen-bond acceptors (Lipinski definition) is 3. The normalized spacial score (nSPS) is 10.3. The molecular weight excluding hydrogens is 302 g/mol. The molecule has 0 bridgehead atoms. The molecule has 88 valence electrons. The molecule has 0 unspecified atom stereocenters. The van der Waals surface area contributed by atoms with Crippen LogP contribution in [0.5, 0.6) is 0 Å². The topological polar surface area (TPSA) is 50.9 Å². The Kier molecular flexibility index (Phi) is 3.54. The second kappa shape index (κ2) is 4.94. The molecule has 5 heteroatoms. The Morgan fingerprint density at radius 1 is 1.41 bits per heavy atom. The van der Waals surface area contributed by atoms with Gasteiger partial charge in [-0.1, -0.05) is 17.7 Å². The number of hydrogen-bond donors (Lipinski definition) is 2. The van der Waals surface area contributed by atoms with E-state index >= 15 is 0 Å². The quantitative estimate of drug-likeness (QED) is 0.876. The molecule has 0 aliphatic carbocycles.